The molecule has 0 fully saturated rings. The van der Waals surface area contributed by atoms with Gasteiger partial charge in [0.25, 0.3) is 5.78 Å². The van der Waals surface area contributed by atoms with Gasteiger partial charge in [0.05, 0.1) is 0 Å². The Labute approximate surface area is 96.9 Å². The standard InChI is InChI=1S/C13H8FNO2/c14-10-6-4-9(5-7-10)12(16)13(17)11-3-1-2-8-15-11/h1-8H. The smallest absolute Gasteiger partial charge is 0.251 e. The van der Waals surface area contributed by atoms with E-state index in [-0.39, 0.29) is 11.3 Å². The Morgan fingerprint density at radius 3 is 2.24 bits per heavy atom. The van der Waals surface area contributed by atoms with Crippen LogP contribution in [-0.2, 0) is 0 Å². The molecule has 0 aliphatic heterocycles. The normalized spacial score (nSPS) is 9.94. The van der Waals surface area contributed by atoms with Crippen LogP contribution in [0.3, 0.4) is 0 Å². The Morgan fingerprint density at radius 1 is 0.941 bits per heavy atom. The summed E-state index contributed by atoms with van der Waals surface area (Å²) in [5, 5.41) is 0. The van der Waals surface area contributed by atoms with Crippen LogP contribution < -0.4 is 0 Å². The number of halogens is 1. The van der Waals surface area contributed by atoms with Gasteiger partial charge in [-0.1, -0.05) is 6.07 Å². The molecule has 0 atom stereocenters. The van der Waals surface area contributed by atoms with Crippen molar-refractivity contribution in [1.29, 1.82) is 0 Å². The maximum absolute atomic E-state index is 12.7. The molecule has 0 saturated heterocycles. The van der Waals surface area contributed by atoms with E-state index in [9.17, 15) is 14.0 Å². The number of hydrogen-bond donors (Lipinski definition) is 0. The van der Waals surface area contributed by atoms with E-state index in [1.54, 1.807) is 12.1 Å². The van der Waals surface area contributed by atoms with Crippen molar-refractivity contribution in [2.75, 3.05) is 0 Å². The first-order valence-electron chi connectivity index (χ1n) is 4.94. The van der Waals surface area contributed by atoms with Gasteiger partial charge in [-0.25, -0.2) is 4.39 Å². The number of hydrogen-bond acceptors (Lipinski definition) is 3. The van der Waals surface area contributed by atoms with Crippen molar-refractivity contribution >= 4 is 11.6 Å². The van der Waals surface area contributed by atoms with Gasteiger partial charge in [0.2, 0.25) is 5.78 Å². The SMILES string of the molecule is O=C(C(=O)c1ccccn1)c1ccc(F)cc1. The number of carbonyl (C=O) groups is 2. The third kappa shape index (κ3) is 2.42. The van der Waals surface area contributed by atoms with Gasteiger partial charge in [0.15, 0.2) is 0 Å². The number of rotatable bonds is 3. The Hall–Kier alpha value is -2.36. The molecule has 17 heavy (non-hydrogen) atoms. The molecule has 0 unspecified atom stereocenters. The molecule has 0 saturated carbocycles. The van der Waals surface area contributed by atoms with Crippen LogP contribution in [0, 0.1) is 5.82 Å². The fourth-order valence-electron chi connectivity index (χ4n) is 1.35. The molecule has 0 radical (unpaired) electrons. The summed E-state index contributed by atoms with van der Waals surface area (Å²) in [6, 6.07) is 9.57. The van der Waals surface area contributed by atoms with Crippen LogP contribution in [0.15, 0.2) is 48.7 Å². The lowest BCUT2D eigenvalue weighted by Crippen LogP contribution is -2.15. The Kier molecular flexibility index (Phi) is 3.05. The summed E-state index contributed by atoms with van der Waals surface area (Å²) in [6.07, 6.45) is 1.44. The summed E-state index contributed by atoms with van der Waals surface area (Å²) in [6.45, 7) is 0. The average molecular weight is 229 g/mol. The lowest BCUT2D eigenvalue weighted by molar-refractivity contribution is 0.0814. The second-order valence-corrected chi connectivity index (χ2v) is 3.38. The molecular weight excluding hydrogens is 221 g/mol. The van der Waals surface area contributed by atoms with Crippen molar-refractivity contribution in [2.24, 2.45) is 0 Å². The monoisotopic (exact) mass is 229 g/mol. The second-order valence-electron chi connectivity index (χ2n) is 3.38. The molecule has 0 spiro atoms. The number of pyridine rings is 1. The predicted octanol–water partition coefficient (Wildman–Crippen LogP) is 2.29. The second kappa shape index (κ2) is 4.65. The van der Waals surface area contributed by atoms with E-state index >= 15 is 0 Å². The minimum absolute atomic E-state index is 0.0850. The maximum Gasteiger partial charge on any atom is 0.251 e. The van der Waals surface area contributed by atoms with Crippen LogP contribution >= 0.6 is 0 Å². The first kappa shape index (κ1) is 11.1. The van der Waals surface area contributed by atoms with Gasteiger partial charge in [0, 0.05) is 11.8 Å². The highest BCUT2D eigenvalue weighted by molar-refractivity contribution is 6.48. The first-order chi connectivity index (χ1) is 8.18. The van der Waals surface area contributed by atoms with Crippen LogP contribution in [0.2, 0.25) is 0 Å². The van der Waals surface area contributed by atoms with Gasteiger partial charge < -0.3 is 0 Å². The van der Waals surface area contributed by atoms with E-state index in [0.717, 1.165) is 12.1 Å². The van der Waals surface area contributed by atoms with Crippen molar-refractivity contribution in [3.63, 3.8) is 0 Å². The van der Waals surface area contributed by atoms with Crippen LogP contribution in [0.1, 0.15) is 20.8 Å². The fraction of sp³-hybridized carbons (Fsp3) is 0. The number of carbonyl (C=O) groups excluding carboxylic acids is 2. The van der Waals surface area contributed by atoms with Crippen LogP contribution in [0.4, 0.5) is 4.39 Å². The third-order valence-electron chi connectivity index (χ3n) is 2.21. The molecule has 2 rings (SSSR count). The first-order valence-corrected chi connectivity index (χ1v) is 4.94. The molecule has 0 bridgehead atoms. The summed E-state index contributed by atoms with van der Waals surface area (Å²) >= 11 is 0. The van der Waals surface area contributed by atoms with Crippen LogP contribution in [-0.4, -0.2) is 16.6 Å². The predicted molar refractivity (Wildman–Crippen MR) is 59.3 cm³/mol. The van der Waals surface area contributed by atoms with E-state index in [1.807, 2.05) is 0 Å². The fourth-order valence-corrected chi connectivity index (χ4v) is 1.35. The molecule has 0 aliphatic carbocycles. The molecule has 0 amide bonds. The number of ketones is 2. The maximum atomic E-state index is 12.7. The molecule has 1 heterocycles. The van der Waals surface area contributed by atoms with E-state index < -0.39 is 17.4 Å². The van der Waals surface area contributed by atoms with Gasteiger partial charge >= 0.3 is 0 Å². The van der Waals surface area contributed by atoms with Gasteiger partial charge in [0.1, 0.15) is 11.5 Å². The largest absolute Gasteiger partial charge is 0.285 e. The van der Waals surface area contributed by atoms with Gasteiger partial charge in [-0.15, -0.1) is 0 Å². The molecular formula is C13H8FNO2. The highest BCUT2D eigenvalue weighted by atomic mass is 19.1. The number of benzene rings is 1. The Bertz CT molecular complexity index is 549. The summed E-state index contributed by atoms with van der Waals surface area (Å²) < 4.78 is 12.7. The molecule has 0 aliphatic rings. The summed E-state index contributed by atoms with van der Waals surface area (Å²) in [4.78, 5) is 27.3. The molecule has 4 heteroatoms. The molecule has 3 nitrogen and oxygen atoms in total. The molecule has 0 N–H and O–H groups in total. The lowest BCUT2D eigenvalue weighted by Gasteiger charge is -1.99. The third-order valence-corrected chi connectivity index (χ3v) is 2.21. The zero-order chi connectivity index (χ0) is 12.3. The van der Waals surface area contributed by atoms with Crippen molar-refractivity contribution in [1.82, 2.24) is 4.98 Å². The zero-order valence-electron chi connectivity index (χ0n) is 8.76. The highest BCUT2D eigenvalue weighted by Crippen LogP contribution is 2.07. The number of Topliss-reactive ketones (excluding diaryl/α,β-unsaturated/α-hetero) is 2. The number of aromatic nitrogens is 1. The average Bonchev–Trinajstić information content (AvgIpc) is 2.39. The van der Waals surface area contributed by atoms with Crippen molar-refractivity contribution in [3.05, 3.63) is 65.7 Å². The van der Waals surface area contributed by atoms with Crippen LogP contribution in [0.5, 0.6) is 0 Å². The minimum Gasteiger partial charge on any atom is -0.285 e. The highest BCUT2D eigenvalue weighted by Gasteiger charge is 2.18. The molecule has 1 aromatic heterocycles. The van der Waals surface area contributed by atoms with E-state index in [4.69, 9.17) is 0 Å². The van der Waals surface area contributed by atoms with E-state index in [1.165, 1.54) is 24.4 Å². The Morgan fingerprint density at radius 2 is 1.65 bits per heavy atom. The molecule has 1 aromatic carbocycles. The number of nitrogens with zero attached hydrogens (tertiary/aromatic N) is 1. The lowest BCUT2D eigenvalue weighted by atomic mass is 10.1. The topological polar surface area (TPSA) is 47.0 Å². The van der Waals surface area contributed by atoms with Gasteiger partial charge in [-0.2, -0.15) is 0 Å². The van der Waals surface area contributed by atoms with Crippen molar-refractivity contribution < 1.29 is 14.0 Å². The van der Waals surface area contributed by atoms with Gasteiger partial charge in [-0.05, 0) is 36.4 Å². The quantitative estimate of drug-likeness (QED) is 0.599. The summed E-state index contributed by atoms with van der Waals surface area (Å²) in [5.41, 5.74) is 0.240. The van der Waals surface area contributed by atoms with Gasteiger partial charge in [-0.3, -0.25) is 14.6 Å². The Balaban J connectivity index is 2.27. The molecule has 84 valence electrons. The minimum atomic E-state index is -0.697. The molecule has 2 aromatic rings. The summed E-state index contributed by atoms with van der Waals surface area (Å²) in [5.74, 6) is -1.84. The van der Waals surface area contributed by atoms with Crippen LogP contribution in [0.25, 0.3) is 0 Å². The van der Waals surface area contributed by atoms with Crippen molar-refractivity contribution in [2.45, 2.75) is 0 Å². The summed E-state index contributed by atoms with van der Waals surface area (Å²) in [7, 11) is 0. The zero-order valence-corrected chi connectivity index (χ0v) is 8.76. The van der Waals surface area contributed by atoms with Crippen molar-refractivity contribution in [3.8, 4) is 0 Å². The van der Waals surface area contributed by atoms with E-state index in [2.05, 4.69) is 4.98 Å². The van der Waals surface area contributed by atoms with E-state index in [0.29, 0.717) is 0 Å².